The van der Waals surface area contributed by atoms with E-state index in [2.05, 4.69) is 0 Å². The topological polar surface area (TPSA) is 9.23 Å². The average Bonchev–Trinajstić information content (AvgIpc) is 2.57. The summed E-state index contributed by atoms with van der Waals surface area (Å²) in [5.74, 6) is -36.5. The van der Waals surface area contributed by atoms with Crippen LogP contribution in [0.4, 0.5) is 57.1 Å². The van der Waals surface area contributed by atoms with Gasteiger partial charge in [-0.15, -0.1) is 0 Å². The minimum Gasteiger partial charge on any atom is -0.420 e. The van der Waals surface area contributed by atoms with E-state index in [9.17, 15) is 57.1 Å². The lowest BCUT2D eigenvalue weighted by molar-refractivity contribution is -0.440. The third kappa shape index (κ3) is 4.64. The summed E-state index contributed by atoms with van der Waals surface area (Å²) in [5, 5.41) is 0. The molecule has 0 saturated heterocycles. The fraction of sp³-hybridized carbons (Fsp3) is 1.00. The normalized spacial score (nSPS) is 15.7. The van der Waals surface area contributed by atoms with Gasteiger partial charge in [-0.2, -0.15) is 57.1 Å². The van der Waals surface area contributed by atoms with Crippen LogP contribution in [0.1, 0.15) is 26.7 Å². The van der Waals surface area contributed by atoms with E-state index in [1.807, 2.05) is 0 Å². The highest BCUT2D eigenvalue weighted by Gasteiger charge is 2.90. The van der Waals surface area contributed by atoms with Crippen LogP contribution in [0.2, 0.25) is 18.1 Å². The number of rotatable bonds is 11. The summed E-state index contributed by atoms with van der Waals surface area (Å²) in [7, 11) is -1.49. The zero-order valence-corrected chi connectivity index (χ0v) is 16.4. The van der Waals surface area contributed by atoms with Crippen LogP contribution < -0.4 is 0 Å². The van der Waals surface area contributed by atoms with Crippen molar-refractivity contribution in [1.29, 1.82) is 0 Å². The standard InChI is InChI=1S/C14H19F13OSi/c1-4-29(5-2,28-3)8-6-7-9(15,16)10(17,18)11(19,20)12(21,22)13(23,24)14(25,26)27/h4-8H2,1-3H3. The van der Waals surface area contributed by atoms with Crippen molar-refractivity contribution in [2.24, 2.45) is 0 Å². The Hall–Kier alpha value is -0.733. The molecule has 0 amide bonds. The molecule has 1 nitrogen and oxygen atoms in total. The van der Waals surface area contributed by atoms with E-state index in [1.54, 1.807) is 13.8 Å². The molecule has 0 aromatic rings. The predicted octanol–water partition coefficient (Wildman–Crippen LogP) is 7.14. The first-order valence-electron chi connectivity index (χ1n) is 8.15. The molecule has 0 saturated carbocycles. The molecule has 0 unspecified atom stereocenters. The molecule has 0 rings (SSSR count). The van der Waals surface area contributed by atoms with Gasteiger partial charge in [0, 0.05) is 13.5 Å². The van der Waals surface area contributed by atoms with Crippen molar-refractivity contribution in [2.75, 3.05) is 7.11 Å². The molecule has 0 aliphatic heterocycles. The molecule has 0 heterocycles. The van der Waals surface area contributed by atoms with Gasteiger partial charge in [0.25, 0.3) is 0 Å². The van der Waals surface area contributed by atoms with Gasteiger partial charge in [0.1, 0.15) is 0 Å². The highest BCUT2D eigenvalue weighted by atomic mass is 28.4. The third-order valence-corrected chi connectivity index (χ3v) is 9.55. The maximum Gasteiger partial charge on any atom is 0.460 e. The Morgan fingerprint density at radius 3 is 1.31 bits per heavy atom. The van der Waals surface area contributed by atoms with Crippen molar-refractivity contribution >= 4 is 8.32 Å². The smallest absolute Gasteiger partial charge is 0.420 e. The van der Waals surface area contributed by atoms with Gasteiger partial charge in [0.05, 0.1) is 0 Å². The molecule has 0 bridgehead atoms. The number of halogens is 13. The predicted molar refractivity (Wildman–Crippen MR) is 78.6 cm³/mol. The van der Waals surface area contributed by atoms with Gasteiger partial charge in [-0.1, -0.05) is 13.8 Å². The fourth-order valence-electron chi connectivity index (χ4n) is 2.59. The molecule has 0 spiro atoms. The van der Waals surface area contributed by atoms with E-state index in [-0.39, 0.29) is 6.04 Å². The first-order valence-corrected chi connectivity index (χ1v) is 10.7. The van der Waals surface area contributed by atoms with Crippen LogP contribution in [0.25, 0.3) is 0 Å². The van der Waals surface area contributed by atoms with Crippen LogP contribution in [0.15, 0.2) is 0 Å². The molecule has 0 radical (unpaired) electrons. The Morgan fingerprint density at radius 1 is 0.621 bits per heavy atom. The summed E-state index contributed by atoms with van der Waals surface area (Å²) in [6.45, 7) is 3.17. The van der Waals surface area contributed by atoms with Crippen LogP contribution in [0.3, 0.4) is 0 Å². The lowest BCUT2D eigenvalue weighted by atomic mass is 9.92. The van der Waals surface area contributed by atoms with Crippen molar-refractivity contribution in [2.45, 2.75) is 80.6 Å². The number of alkyl halides is 13. The van der Waals surface area contributed by atoms with Crippen LogP contribution in [-0.4, -0.2) is 51.2 Å². The highest BCUT2D eigenvalue weighted by molar-refractivity contribution is 6.73. The highest BCUT2D eigenvalue weighted by Crippen LogP contribution is 2.60. The zero-order chi connectivity index (χ0) is 23.7. The summed E-state index contributed by atoms with van der Waals surface area (Å²) in [4.78, 5) is 0. The lowest BCUT2D eigenvalue weighted by Gasteiger charge is -2.40. The molecule has 0 N–H and O–H groups in total. The largest absolute Gasteiger partial charge is 0.460 e. The second-order valence-electron chi connectivity index (χ2n) is 6.45. The minimum atomic E-state index is -7.84. The quantitative estimate of drug-likeness (QED) is 0.227. The lowest BCUT2D eigenvalue weighted by Crippen LogP contribution is -2.70. The summed E-state index contributed by atoms with van der Waals surface area (Å²) in [6, 6.07) is 0.352. The van der Waals surface area contributed by atoms with Crippen molar-refractivity contribution < 1.29 is 61.5 Å². The molecular weight excluding hydrogens is 459 g/mol. The fourth-order valence-corrected chi connectivity index (χ4v) is 5.40. The van der Waals surface area contributed by atoms with Gasteiger partial charge in [-0.3, -0.25) is 0 Å². The third-order valence-electron chi connectivity index (χ3n) is 4.84. The Bertz CT molecular complexity index is 532. The van der Waals surface area contributed by atoms with Gasteiger partial charge in [0.2, 0.25) is 0 Å². The van der Waals surface area contributed by atoms with Crippen LogP contribution in [-0.2, 0) is 4.43 Å². The van der Waals surface area contributed by atoms with Gasteiger partial charge in [0.15, 0.2) is 8.32 Å². The molecule has 0 atom stereocenters. The molecule has 29 heavy (non-hydrogen) atoms. The van der Waals surface area contributed by atoms with Gasteiger partial charge < -0.3 is 4.43 Å². The molecular formula is C14H19F13OSi. The zero-order valence-electron chi connectivity index (χ0n) is 15.4. The molecule has 0 fully saturated rings. The SMILES string of the molecule is CC[Si](CC)(CCCC(F)(F)C(F)(F)C(F)(F)C(F)(F)C(F)(F)C(F)(F)F)OC. The first-order chi connectivity index (χ1) is 12.6. The maximum absolute atomic E-state index is 13.7. The molecule has 176 valence electrons. The number of hydrogen-bond acceptors (Lipinski definition) is 1. The van der Waals surface area contributed by atoms with Gasteiger partial charge in [-0.25, -0.2) is 0 Å². The second-order valence-corrected chi connectivity index (χ2v) is 11.1. The van der Waals surface area contributed by atoms with E-state index in [0.29, 0.717) is 12.1 Å². The van der Waals surface area contributed by atoms with Gasteiger partial charge >= 0.3 is 35.8 Å². The maximum atomic E-state index is 13.7. The van der Waals surface area contributed by atoms with E-state index in [1.165, 1.54) is 7.11 Å². The van der Waals surface area contributed by atoms with Crippen LogP contribution >= 0.6 is 0 Å². The summed E-state index contributed by atoms with van der Waals surface area (Å²) < 4.78 is 174. The van der Waals surface area contributed by atoms with E-state index in [4.69, 9.17) is 4.43 Å². The van der Waals surface area contributed by atoms with E-state index >= 15 is 0 Å². The van der Waals surface area contributed by atoms with Crippen molar-refractivity contribution in [1.82, 2.24) is 0 Å². The Balaban J connectivity index is 5.82. The van der Waals surface area contributed by atoms with Crippen molar-refractivity contribution in [3.8, 4) is 0 Å². The second kappa shape index (κ2) is 8.42. The van der Waals surface area contributed by atoms with Crippen LogP contribution in [0, 0.1) is 0 Å². The monoisotopic (exact) mass is 478 g/mol. The Labute approximate surface area is 158 Å². The molecule has 0 aromatic carbocycles. The van der Waals surface area contributed by atoms with E-state index in [0.717, 1.165) is 0 Å². The van der Waals surface area contributed by atoms with Crippen LogP contribution in [0.5, 0.6) is 0 Å². The Morgan fingerprint density at radius 2 is 1.00 bits per heavy atom. The minimum absolute atomic E-state index is 0.275. The molecule has 0 aliphatic carbocycles. The van der Waals surface area contributed by atoms with E-state index < -0.39 is 56.9 Å². The molecule has 15 heteroatoms. The molecule has 0 aliphatic rings. The van der Waals surface area contributed by atoms with Crippen molar-refractivity contribution in [3.63, 3.8) is 0 Å². The molecule has 0 aromatic heterocycles. The summed E-state index contributed by atoms with van der Waals surface area (Å²) in [6.07, 6.45) is -10.5. The van der Waals surface area contributed by atoms with Gasteiger partial charge in [-0.05, 0) is 24.6 Å². The number of hydrogen-bond donors (Lipinski definition) is 0. The summed E-state index contributed by atoms with van der Waals surface area (Å²) >= 11 is 0. The Kier molecular flexibility index (Phi) is 8.21. The van der Waals surface area contributed by atoms with Crippen molar-refractivity contribution in [3.05, 3.63) is 0 Å². The summed E-state index contributed by atoms with van der Waals surface area (Å²) in [5.41, 5.74) is 0. The average molecular weight is 478 g/mol. The first kappa shape index (κ1) is 28.3.